The molecule has 1 aliphatic rings. The summed E-state index contributed by atoms with van der Waals surface area (Å²) in [5.74, 6) is 0.790. The van der Waals surface area contributed by atoms with Crippen molar-refractivity contribution >= 4 is 11.8 Å². The highest BCUT2D eigenvalue weighted by Crippen LogP contribution is 2.23. The van der Waals surface area contributed by atoms with E-state index in [4.69, 9.17) is 0 Å². The third kappa shape index (κ3) is 4.94. The number of carbonyl (C=O) groups is 1. The zero-order valence-electron chi connectivity index (χ0n) is 13.6. The van der Waals surface area contributed by atoms with Gasteiger partial charge in [0.05, 0.1) is 11.8 Å². The first-order valence-corrected chi connectivity index (χ1v) is 7.92. The van der Waals surface area contributed by atoms with Crippen LogP contribution in [-0.4, -0.2) is 34.0 Å². The molecular weight excluding hydrogens is 280 g/mol. The Morgan fingerprint density at radius 1 is 1.32 bits per heavy atom. The van der Waals surface area contributed by atoms with E-state index in [2.05, 4.69) is 41.6 Å². The molecule has 2 unspecified atom stereocenters. The fourth-order valence-electron chi connectivity index (χ4n) is 2.64. The van der Waals surface area contributed by atoms with Crippen molar-refractivity contribution in [3.05, 3.63) is 17.8 Å². The molecule has 2 atom stereocenters. The number of aromatic nitrogens is 2. The minimum Gasteiger partial charge on any atom is -0.393 e. The van der Waals surface area contributed by atoms with Crippen LogP contribution in [0.3, 0.4) is 0 Å². The molecule has 0 bridgehead atoms. The fourth-order valence-corrected chi connectivity index (χ4v) is 2.64. The summed E-state index contributed by atoms with van der Waals surface area (Å²) in [5.41, 5.74) is 0.824. The highest BCUT2D eigenvalue weighted by Gasteiger charge is 2.20. The quantitative estimate of drug-likeness (QED) is 0.800. The minimum atomic E-state index is -0.280. The van der Waals surface area contributed by atoms with Gasteiger partial charge in [-0.3, -0.25) is 5.32 Å². The van der Waals surface area contributed by atoms with E-state index in [-0.39, 0.29) is 17.6 Å². The average molecular weight is 306 g/mol. The zero-order valence-corrected chi connectivity index (χ0v) is 13.6. The molecule has 1 fully saturated rings. The van der Waals surface area contributed by atoms with Crippen molar-refractivity contribution < 1.29 is 9.90 Å². The van der Waals surface area contributed by atoms with Gasteiger partial charge < -0.3 is 10.4 Å². The SMILES string of the molecule is CC(C)(C)c1ccc(NC(=O)NCC2CCCC(O)C2)nn1. The van der Waals surface area contributed by atoms with E-state index in [9.17, 15) is 9.90 Å². The molecule has 1 aromatic heterocycles. The van der Waals surface area contributed by atoms with Gasteiger partial charge in [-0.2, -0.15) is 5.10 Å². The van der Waals surface area contributed by atoms with Gasteiger partial charge in [-0.1, -0.05) is 27.2 Å². The van der Waals surface area contributed by atoms with Crippen molar-refractivity contribution in [2.24, 2.45) is 5.92 Å². The molecule has 22 heavy (non-hydrogen) atoms. The van der Waals surface area contributed by atoms with Crippen LogP contribution in [0.25, 0.3) is 0 Å². The first kappa shape index (κ1) is 16.7. The first-order chi connectivity index (χ1) is 10.3. The topological polar surface area (TPSA) is 87.1 Å². The Kier molecular flexibility index (Phi) is 5.34. The van der Waals surface area contributed by atoms with Gasteiger partial charge in [0, 0.05) is 12.0 Å². The Morgan fingerprint density at radius 2 is 2.09 bits per heavy atom. The van der Waals surface area contributed by atoms with Crippen LogP contribution in [0, 0.1) is 5.92 Å². The second kappa shape index (κ2) is 7.05. The normalized spacial score (nSPS) is 22.2. The van der Waals surface area contributed by atoms with Crippen molar-refractivity contribution in [1.29, 1.82) is 0 Å². The number of nitrogens with zero attached hydrogens (tertiary/aromatic N) is 2. The van der Waals surface area contributed by atoms with Crippen molar-refractivity contribution in [2.45, 2.75) is 58.0 Å². The summed E-state index contributed by atoms with van der Waals surface area (Å²) in [6.45, 7) is 6.77. The summed E-state index contributed by atoms with van der Waals surface area (Å²) >= 11 is 0. The van der Waals surface area contributed by atoms with Gasteiger partial charge in [-0.15, -0.1) is 5.10 Å². The molecule has 0 saturated heterocycles. The van der Waals surface area contributed by atoms with Crippen LogP contribution < -0.4 is 10.6 Å². The van der Waals surface area contributed by atoms with Crippen molar-refractivity contribution in [3.63, 3.8) is 0 Å². The Bertz CT molecular complexity index is 496. The summed E-state index contributed by atoms with van der Waals surface area (Å²) in [4.78, 5) is 11.9. The number of aliphatic hydroxyl groups excluding tert-OH is 1. The summed E-state index contributed by atoms with van der Waals surface area (Å²) in [6, 6.07) is 3.36. The molecular formula is C16H26N4O2. The maximum absolute atomic E-state index is 11.9. The Labute approximate surface area is 131 Å². The van der Waals surface area contributed by atoms with Crippen LogP contribution in [0.4, 0.5) is 10.6 Å². The molecule has 1 heterocycles. The molecule has 6 nitrogen and oxygen atoms in total. The van der Waals surface area contributed by atoms with Gasteiger partial charge in [-0.25, -0.2) is 4.79 Å². The third-order valence-corrected chi connectivity index (χ3v) is 3.98. The van der Waals surface area contributed by atoms with E-state index in [0.717, 1.165) is 31.4 Å². The number of urea groups is 1. The monoisotopic (exact) mass is 306 g/mol. The second-order valence-electron chi connectivity index (χ2n) is 7.08. The maximum atomic E-state index is 11.9. The van der Waals surface area contributed by atoms with Crippen LogP contribution in [-0.2, 0) is 5.41 Å². The zero-order chi connectivity index (χ0) is 16.2. The predicted molar refractivity (Wildman–Crippen MR) is 85.7 cm³/mol. The van der Waals surface area contributed by atoms with E-state index in [1.165, 1.54) is 0 Å². The Morgan fingerprint density at radius 3 is 2.68 bits per heavy atom. The Balaban J connectivity index is 1.79. The standard InChI is InChI=1S/C16H26N4O2/c1-16(2,3)13-7-8-14(20-19-13)18-15(22)17-10-11-5-4-6-12(21)9-11/h7-8,11-12,21H,4-6,9-10H2,1-3H3,(H2,17,18,20,22). The van der Waals surface area contributed by atoms with E-state index in [1.807, 2.05) is 6.07 Å². The lowest BCUT2D eigenvalue weighted by molar-refractivity contribution is 0.101. The van der Waals surface area contributed by atoms with Gasteiger partial charge >= 0.3 is 6.03 Å². The number of carbonyl (C=O) groups excluding carboxylic acids is 1. The number of nitrogens with one attached hydrogen (secondary N) is 2. The van der Waals surface area contributed by atoms with E-state index < -0.39 is 0 Å². The molecule has 2 rings (SSSR count). The third-order valence-electron chi connectivity index (χ3n) is 3.98. The lowest BCUT2D eigenvalue weighted by Crippen LogP contribution is -2.35. The van der Waals surface area contributed by atoms with Gasteiger partial charge in [0.1, 0.15) is 0 Å². The molecule has 1 aliphatic carbocycles. The van der Waals surface area contributed by atoms with Gasteiger partial charge in [0.2, 0.25) is 0 Å². The van der Waals surface area contributed by atoms with Gasteiger partial charge in [0.25, 0.3) is 0 Å². The van der Waals surface area contributed by atoms with E-state index >= 15 is 0 Å². The smallest absolute Gasteiger partial charge is 0.320 e. The van der Waals surface area contributed by atoms with Gasteiger partial charge in [-0.05, 0) is 37.3 Å². The van der Waals surface area contributed by atoms with Crippen LogP contribution in [0.5, 0.6) is 0 Å². The molecule has 1 aromatic rings. The van der Waals surface area contributed by atoms with Crippen molar-refractivity contribution in [3.8, 4) is 0 Å². The van der Waals surface area contributed by atoms with Gasteiger partial charge in [0.15, 0.2) is 5.82 Å². The molecule has 0 aliphatic heterocycles. The van der Waals surface area contributed by atoms with Crippen LogP contribution in [0.1, 0.15) is 52.1 Å². The molecule has 122 valence electrons. The molecule has 0 radical (unpaired) electrons. The van der Waals surface area contributed by atoms with E-state index in [0.29, 0.717) is 18.3 Å². The number of rotatable bonds is 3. The second-order valence-corrected chi connectivity index (χ2v) is 7.08. The molecule has 2 amide bonds. The number of amides is 2. The number of aliphatic hydroxyl groups is 1. The molecule has 0 spiro atoms. The number of hydrogen-bond donors (Lipinski definition) is 3. The van der Waals surface area contributed by atoms with Crippen LogP contribution in [0.15, 0.2) is 12.1 Å². The summed E-state index contributed by atoms with van der Waals surface area (Å²) in [7, 11) is 0. The summed E-state index contributed by atoms with van der Waals surface area (Å²) in [5, 5.41) is 23.3. The fraction of sp³-hybridized carbons (Fsp3) is 0.688. The summed E-state index contributed by atoms with van der Waals surface area (Å²) < 4.78 is 0. The minimum absolute atomic E-state index is 0.0599. The average Bonchev–Trinajstić information content (AvgIpc) is 2.45. The Hall–Kier alpha value is -1.69. The number of anilines is 1. The largest absolute Gasteiger partial charge is 0.393 e. The summed E-state index contributed by atoms with van der Waals surface area (Å²) in [6.07, 6.45) is 3.49. The van der Waals surface area contributed by atoms with Crippen molar-refractivity contribution in [1.82, 2.24) is 15.5 Å². The molecule has 1 saturated carbocycles. The van der Waals surface area contributed by atoms with Crippen molar-refractivity contribution in [2.75, 3.05) is 11.9 Å². The first-order valence-electron chi connectivity index (χ1n) is 7.92. The van der Waals surface area contributed by atoms with E-state index in [1.54, 1.807) is 6.07 Å². The molecule has 0 aromatic carbocycles. The van der Waals surface area contributed by atoms with Crippen LogP contribution >= 0.6 is 0 Å². The highest BCUT2D eigenvalue weighted by atomic mass is 16.3. The molecule has 3 N–H and O–H groups in total. The van der Waals surface area contributed by atoms with Crippen LogP contribution in [0.2, 0.25) is 0 Å². The highest BCUT2D eigenvalue weighted by molar-refractivity contribution is 5.88. The molecule has 6 heteroatoms. The lowest BCUT2D eigenvalue weighted by atomic mass is 9.87. The maximum Gasteiger partial charge on any atom is 0.320 e. The lowest BCUT2D eigenvalue weighted by Gasteiger charge is -2.25. The number of hydrogen-bond acceptors (Lipinski definition) is 4. The predicted octanol–water partition coefficient (Wildman–Crippen LogP) is 2.45.